The third kappa shape index (κ3) is 5.42. The van der Waals surface area contributed by atoms with Gasteiger partial charge in [-0.15, -0.1) is 0 Å². The van der Waals surface area contributed by atoms with Crippen LogP contribution >= 0.6 is 0 Å². The zero-order valence-electron chi connectivity index (χ0n) is 12.5. The van der Waals surface area contributed by atoms with E-state index in [0.717, 1.165) is 23.9 Å². The van der Waals surface area contributed by atoms with E-state index in [4.69, 9.17) is 0 Å². The van der Waals surface area contributed by atoms with E-state index in [1.165, 1.54) is 51.4 Å². The van der Waals surface area contributed by atoms with Crippen molar-refractivity contribution < 1.29 is 0 Å². The Morgan fingerprint density at radius 1 is 1.06 bits per heavy atom. The van der Waals surface area contributed by atoms with E-state index in [0.29, 0.717) is 0 Å². The average Bonchev–Trinajstić information content (AvgIpc) is 2.31. The average molecular weight is 239 g/mol. The molecule has 1 rings (SSSR count). The van der Waals surface area contributed by atoms with Crippen LogP contribution < -0.4 is 5.32 Å². The van der Waals surface area contributed by atoms with E-state index in [9.17, 15) is 0 Å². The number of hydrogen-bond acceptors (Lipinski definition) is 1. The summed E-state index contributed by atoms with van der Waals surface area (Å²) in [5.74, 6) is 1.81. The van der Waals surface area contributed by atoms with E-state index in [2.05, 4.69) is 33.0 Å². The molecule has 0 saturated heterocycles. The molecule has 1 nitrogen and oxygen atoms in total. The van der Waals surface area contributed by atoms with Crippen molar-refractivity contribution in [2.24, 2.45) is 11.8 Å². The summed E-state index contributed by atoms with van der Waals surface area (Å²) in [5.41, 5.74) is 0. The van der Waals surface area contributed by atoms with E-state index in [1.807, 2.05) is 0 Å². The number of nitrogens with one attached hydrogen (secondary N) is 1. The lowest BCUT2D eigenvalue weighted by Gasteiger charge is -2.36. The smallest absolute Gasteiger partial charge is 0.00978 e. The Balaban J connectivity index is 2.40. The summed E-state index contributed by atoms with van der Waals surface area (Å²) in [6.07, 6.45) is 11.0. The summed E-state index contributed by atoms with van der Waals surface area (Å²) in [5, 5.41) is 3.97. The topological polar surface area (TPSA) is 12.0 Å². The molecule has 1 aliphatic carbocycles. The molecule has 4 atom stereocenters. The molecule has 0 aromatic heterocycles. The molecule has 1 heteroatoms. The molecule has 0 heterocycles. The van der Waals surface area contributed by atoms with Crippen LogP contribution in [-0.4, -0.2) is 12.1 Å². The summed E-state index contributed by atoms with van der Waals surface area (Å²) in [6, 6.07) is 1.56. The minimum Gasteiger partial charge on any atom is -0.311 e. The molecular formula is C16H33N. The van der Waals surface area contributed by atoms with Crippen LogP contribution in [0.1, 0.15) is 79.1 Å². The molecule has 1 N–H and O–H groups in total. The fraction of sp³-hybridized carbons (Fsp3) is 1.00. The Kier molecular flexibility index (Phi) is 7.18. The summed E-state index contributed by atoms with van der Waals surface area (Å²) in [7, 11) is 0. The first-order chi connectivity index (χ1) is 8.17. The molecule has 1 fully saturated rings. The Labute approximate surface area is 109 Å². The Hall–Kier alpha value is -0.0400. The highest BCUT2D eigenvalue weighted by Gasteiger charge is 2.26. The minimum atomic E-state index is 0.776. The van der Waals surface area contributed by atoms with Crippen molar-refractivity contribution in [2.75, 3.05) is 0 Å². The van der Waals surface area contributed by atoms with Crippen molar-refractivity contribution in [1.29, 1.82) is 0 Å². The first-order valence-electron chi connectivity index (χ1n) is 7.93. The van der Waals surface area contributed by atoms with Gasteiger partial charge in [-0.2, -0.15) is 0 Å². The van der Waals surface area contributed by atoms with Gasteiger partial charge in [0.1, 0.15) is 0 Å². The van der Waals surface area contributed by atoms with Crippen LogP contribution in [0.2, 0.25) is 0 Å². The number of hydrogen-bond donors (Lipinski definition) is 1. The summed E-state index contributed by atoms with van der Waals surface area (Å²) >= 11 is 0. The van der Waals surface area contributed by atoms with Crippen LogP contribution in [0, 0.1) is 11.8 Å². The van der Waals surface area contributed by atoms with Crippen LogP contribution in [-0.2, 0) is 0 Å². The van der Waals surface area contributed by atoms with Gasteiger partial charge >= 0.3 is 0 Å². The quantitative estimate of drug-likeness (QED) is 0.675. The van der Waals surface area contributed by atoms with E-state index < -0.39 is 0 Å². The largest absolute Gasteiger partial charge is 0.311 e. The lowest BCUT2D eigenvalue weighted by molar-refractivity contribution is 0.205. The van der Waals surface area contributed by atoms with Gasteiger partial charge in [0.05, 0.1) is 0 Å². The molecule has 0 radical (unpaired) electrons. The van der Waals surface area contributed by atoms with Gasteiger partial charge in [0.15, 0.2) is 0 Å². The van der Waals surface area contributed by atoms with Gasteiger partial charge in [-0.25, -0.2) is 0 Å². The molecule has 0 amide bonds. The van der Waals surface area contributed by atoms with Gasteiger partial charge in [0.25, 0.3) is 0 Å². The van der Waals surface area contributed by atoms with Gasteiger partial charge in [-0.05, 0) is 37.5 Å². The van der Waals surface area contributed by atoms with Crippen molar-refractivity contribution in [3.05, 3.63) is 0 Å². The molecule has 102 valence electrons. The minimum absolute atomic E-state index is 0.776. The molecular weight excluding hydrogens is 206 g/mol. The van der Waals surface area contributed by atoms with Gasteiger partial charge in [0, 0.05) is 12.1 Å². The predicted molar refractivity (Wildman–Crippen MR) is 77.3 cm³/mol. The molecule has 0 aliphatic heterocycles. The first kappa shape index (κ1) is 15.0. The van der Waals surface area contributed by atoms with Gasteiger partial charge < -0.3 is 5.32 Å². The molecule has 0 aromatic rings. The Morgan fingerprint density at radius 2 is 1.82 bits per heavy atom. The first-order valence-corrected chi connectivity index (χ1v) is 7.93. The predicted octanol–water partition coefficient (Wildman–Crippen LogP) is 4.76. The second kappa shape index (κ2) is 8.13. The Bertz CT molecular complexity index is 190. The molecule has 0 aromatic carbocycles. The van der Waals surface area contributed by atoms with Crippen LogP contribution in [0.15, 0.2) is 0 Å². The van der Waals surface area contributed by atoms with Crippen LogP contribution in [0.25, 0.3) is 0 Å². The van der Waals surface area contributed by atoms with Crippen molar-refractivity contribution >= 4 is 0 Å². The third-order valence-electron chi connectivity index (χ3n) is 4.45. The van der Waals surface area contributed by atoms with Crippen molar-refractivity contribution in [1.82, 2.24) is 5.32 Å². The monoisotopic (exact) mass is 239 g/mol. The molecule has 1 aliphatic rings. The molecule has 0 bridgehead atoms. The maximum atomic E-state index is 3.97. The number of rotatable bonds is 7. The highest BCUT2D eigenvalue weighted by Crippen LogP contribution is 2.29. The standard InChI is InChI=1S/C16H33N/c1-5-7-9-15(8-6-2)17-16-12-13(3)10-11-14(16)4/h13-17H,5-12H2,1-4H3. The van der Waals surface area contributed by atoms with Crippen molar-refractivity contribution in [3.63, 3.8) is 0 Å². The van der Waals surface area contributed by atoms with E-state index >= 15 is 0 Å². The Morgan fingerprint density at radius 3 is 2.47 bits per heavy atom. The van der Waals surface area contributed by atoms with Crippen LogP contribution in [0.5, 0.6) is 0 Å². The number of unbranched alkanes of at least 4 members (excludes halogenated alkanes) is 1. The summed E-state index contributed by atoms with van der Waals surface area (Å²) < 4.78 is 0. The normalized spacial score (nSPS) is 31.4. The highest BCUT2D eigenvalue weighted by molar-refractivity contribution is 4.84. The fourth-order valence-electron chi connectivity index (χ4n) is 3.18. The fourth-order valence-corrected chi connectivity index (χ4v) is 3.18. The van der Waals surface area contributed by atoms with Gasteiger partial charge in [-0.1, -0.05) is 53.4 Å². The lowest BCUT2D eigenvalue weighted by atomic mass is 9.79. The summed E-state index contributed by atoms with van der Waals surface area (Å²) in [6.45, 7) is 9.47. The van der Waals surface area contributed by atoms with Gasteiger partial charge in [0.2, 0.25) is 0 Å². The molecule has 0 spiro atoms. The third-order valence-corrected chi connectivity index (χ3v) is 4.45. The molecule has 4 unspecified atom stereocenters. The van der Waals surface area contributed by atoms with Crippen molar-refractivity contribution in [3.8, 4) is 0 Å². The molecule has 17 heavy (non-hydrogen) atoms. The highest BCUT2D eigenvalue weighted by atomic mass is 15.0. The van der Waals surface area contributed by atoms with E-state index in [-0.39, 0.29) is 0 Å². The molecule has 1 saturated carbocycles. The van der Waals surface area contributed by atoms with E-state index in [1.54, 1.807) is 0 Å². The van der Waals surface area contributed by atoms with Crippen LogP contribution in [0.3, 0.4) is 0 Å². The lowest BCUT2D eigenvalue weighted by Crippen LogP contribution is -2.45. The zero-order chi connectivity index (χ0) is 12.7. The second-order valence-electron chi connectivity index (χ2n) is 6.30. The maximum absolute atomic E-state index is 3.97. The maximum Gasteiger partial charge on any atom is 0.00978 e. The van der Waals surface area contributed by atoms with Gasteiger partial charge in [-0.3, -0.25) is 0 Å². The summed E-state index contributed by atoms with van der Waals surface area (Å²) in [4.78, 5) is 0. The second-order valence-corrected chi connectivity index (χ2v) is 6.30. The zero-order valence-corrected chi connectivity index (χ0v) is 12.5. The SMILES string of the molecule is CCCCC(CCC)NC1CC(C)CCC1C. The van der Waals surface area contributed by atoms with Crippen LogP contribution in [0.4, 0.5) is 0 Å². The van der Waals surface area contributed by atoms with Crippen molar-refractivity contribution in [2.45, 2.75) is 91.1 Å².